The Kier molecular flexibility index (Phi) is 7.52. The molecule has 0 saturated heterocycles. The highest BCUT2D eigenvalue weighted by atomic mass is 16.6. The first-order valence-electron chi connectivity index (χ1n) is 11.7. The Bertz CT molecular complexity index is 1180. The van der Waals surface area contributed by atoms with Crippen molar-refractivity contribution in [2.24, 2.45) is 5.16 Å². The van der Waals surface area contributed by atoms with Crippen LogP contribution >= 0.6 is 0 Å². The van der Waals surface area contributed by atoms with Gasteiger partial charge in [0.15, 0.2) is 5.78 Å². The van der Waals surface area contributed by atoms with Crippen molar-refractivity contribution in [3.8, 4) is 0 Å². The molecule has 1 aliphatic rings. The summed E-state index contributed by atoms with van der Waals surface area (Å²) in [4.78, 5) is 29.1. The van der Waals surface area contributed by atoms with Crippen molar-refractivity contribution in [1.82, 2.24) is 4.57 Å². The minimum Gasteiger partial charge on any atom is -0.399 e. The fourth-order valence-corrected chi connectivity index (χ4v) is 4.82. The van der Waals surface area contributed by atoms with Crippen LogP contribution < -0.4 is 0 Å². The van der Waals surface area contributed by atoms with Crippen LogP contribution in [0.1, 0.15) is 70.9 Å². The summed E-state index contributed by atoms with van der Waals surface area (Å²) in [7, 11) is 1.50. The van der Waals surface area contributed by atoms with E-state index in [2.05, 4.69) is 21.9 Å². The molecule has 0 bridgehead atoms. The number of hydrogen-bond donors (Lipinski definition) is 0. The van der Waals surface area contributed by atoms with E-state index in [-0.39, 0.29) is 17.9 Å². The average molecular weight is 460 g/mol. The molecule has 34 heavy (non-hydrogen) atoms. The lowest BCUT2D eigenvalue weighted by Crippen LogP contribution is -2.13. The smallest absolute Gasteiger partial charge is 0.269 e. The zero-order valence-electron chi connectivity index (χ0n) is 19.4. The third kappa shape index (κ3) is 5.42. The van der Waals surface area contributed by atoms with Crippen LogP contribution in [-0.4, -0.2) is 28.6 Å². The molecule has 0 atom stereocenters. The Balaban J connectivity index is 1.67. The van der Waals surface area contributed by atoms with Crippen molar-refractivity contribution in [2.45, 2.75) is 51.0 Å². The number of nitro groups is 1. The molecule has 4 rings (SSSR count). The molecular weight excluding hydrogens is 430 g/mol. The monoisotopic (exact) mass is 459 g/mol. The zero-order chi connectivity index (χ0) is 23.9. The molecule has 2 aromatic carbocycles. The van der Waals surface area contributed by atoms with Crippen LogP contribution in [0, 0.1) is 10.1 Å². The topological polar surface area (TPSA) is 86.7 Å². The van der Waals surface area contributed by atoms with E-state index in [1.807, 2.05) is 30.3 Å². The summed E-state index contributed by atoms with van der Waals surface area (Å²) >= 11 is 0. The lowest BCUT2D eigenvalue weighted by Gasteiger charge is -2.18. The van der Waals surface area contributed by atoms with Gasteiger partial charge in [0.2, 0.25) is 0 Å². The fourth-order valence-electron chi connectivity index (χ4n) is 4.82. The summed E-state index contributed by atoms with van der Waals surface area (Å²) in [5.41, 5.74) is 4.62. The lowest BCUT2D eigenvalue weighted by molar-refractivity contribution is -0.384. The van der Waals surface area contributed by atoms with Gasteiger partial charge in [0.25, 0.3) is 5.69 Å². The second-order valence-electron chi connectivity index (χ2n) is 8.69. The highest BCUT2D eigenvalue weighted by molar-refractivity contribution is 5.99. The molecule has 7 nitrogen and oxygen atoms in total. The van der Waals surface area contributed by atoms with E-state index in [4.69, 9.17) is 4.84 Å². The van der Waals surface area contributed by atoms with Crippen molar-refractivity contribution in [3.63, 3.8) is 0 Å². The number of aryl methyl sites for hydroxylation is 1. The number of carbonyl (C=O) groups is 1. The number of aromatic nitrogens is 1. The summed E-state index contributed by atoms with van der Waals surface area (Å²) < 4.78 is 2.20. The van der Waals surface area contributed by atoms with Crippen LogP contribution in [0.5, 0.6) is 0 Å². The van der Waals surface area contributed by atoms with E-state index < -0.39 is 4.92 Å². The number of ketones is 1. The van der Waals surface area contributed by atoms with Gasteiger partial charge in [0, 0.05) is 36.4 Å². The Morgan fingerprint density at radius 3 is 2.56 bits per heavy atom. The molecule has 1 aliphatic carbocycles. The predicted molar refractivity (Wildman–Crippen MR) is 132 cm³/mol. The molecule has 0 aliphatic heterocycles. The van der Waals surface area contributed by atoms with Crippen molar-refractivity contribution in [1.29, 1.82) is 0 Å². The number of nitrogens with zero attached hydrogens (tertiary/aromatic N) is 3. The van der Waals surface area contributed by atoms with Gasteiger partial charge in [-0.3, -0.25) is 14.9 Å². The molecule has 176 valence electrons. The Morgan fingerprint density at radius 2 is 1.85 bits per heavy atom. The van der Waals surface area contributed by atoms with E-state index >= 15 is 0 Å². The van der Waals surface area contributed by atoms with Crippen LogP contribution in [0.25, 0.3) is 0 Å². The standard InChI is InChI=1S/C27H29N3O4/c1-34-28-18-24-17-25(26(31)15-14-20-10-7-13-23(16-20)30(32)33)27(22-11-5-6-12-22)29(24)19-21-8-3-2-4-9-21/h2-4,7-10,13,16-18,22H,5-6,11-12,14-15,19H2,1H3/b28-18+. The third-order valence-corrected chi connectivity index (χ3v) is 6.45. The van der Waals surface area contributed by atoms with Crippen LogP contribution in [0.3, 0.4) is 0 Å². The van der Waals surface area contributed by atoms with Gasteiger partial charge in [-0.1, -0.05) is 60.5 Å². The van der Waals surface area contributed by atoms with Gasteiger partial charge in [0.1, 0.15) is 7.11 Å². The number of oxime groups is 1. The number of carbonyl (C=O) groups excluding carboxylic acids is 1. The molecule has 1 fully saturated rings. The molecule has 0 unspecified atom stereocenters. The van der Waals surface area contributed by atoms with Gasteiger partial charge in [-0.25, -0.2) is 0 Å². The number of Topliss-reactive ketones (excluding diaryl/α,β-unsaturated/α-hetero) is 1. The van der Waals surface area contributed by atoms with Crippen molar-refractivity contribution in [3.05, 3.63) is 98.9 Å². The number of hydrogen-bond acceptors (Lipinski definition) is 5. The van der Waals surface area contributed by atoms with Gasteiger partial charge in [-0.15, -0.1) is 0 Å². The summed E-state index contributed by atoms with van der Waals surface area (Å²) in [6, 6.07) is 18.6. The Hall–Kier alpha value is -3.74. The van der Waals surface area contributed by atoms with E-state index in [9.17, 15) is 14.9 Å². The minimum atomic E-state index is -0.408. The molecule has 1 aromatic heterocycles. The second-order valence-corrected chi connectivity index (χ2v) is 8.69. The summed E-state index contributed by atoms with van der Waals surface area (Å²) in [5.74, 6) is 0.373. The normalized spacial score (nSPS) is 14.0. The highest BCUT2D eigenvalue weighted by Gasteiger charge is 2.28. The average Bonchev–Trinajstić information content (AvgIpc) is 3.50. The van der Waals surface area contributed by atoms with Crippen molar-refractivity contribution < 1.29 is 14.6 Å². The number of nitro benzene ring substituents is 1. The summed E-state index contributed by atoms with van der Waals surface area (Å²) in [6.07, 6.45) is 6.84. The first-order chi connectivity index (χ1) is 16.6. The van der Waals surface area contributed by atoms with Crippen LogP contribution in [0.15, 0.2) is 65.8 Å². The van der Waals surface area contributed by atoms with E-state index in [0.717, 1.165) is 53.8 Å². The Morgan fingerprint density at radius 1 is 1.12 bits per heavy atom. The van der Waals surface area contributed by atoms with Crippen LogP contribution in [-0.2, 0) is 17.8 Å². The summed E-state index contributed by atoms with van der Waals surface area (Å²) in [5, 5.41) is 15.1. The Labute approximate surface area is 199 Å². The van der Waals surface area contributed by atoms with Gasteiger partial charge in [-0.05, 0) is 42.4 Å². The molecule has 0 radical (unpaired) electrons. The van der Waals surface area contributed by atoms with E-state index in [1.54, 1.807) is 18.3 Å². The predicted octanol–water partition coefficient (Wildman–Crippen LogP) is 5.90. The van der Waals surface area contributed by atoms with Crippen molar-refractivity contribution in [2.75, 3.05) is 7.11 Å². The molecule has 1 saturated carbocycles. The second kappa shape index (κ2) is 10.9. The number of rotatable bonds is 10. The van der Waals surface area contributed by atoms with Gasteiger partial charge in [0.05, 0.1) is 16.8 Å². The maximum Gasteiger partial charge on any atom is 0.269 e. The lowest BCUT2D eigenvalue weighted by atomic mass is 9.95. The molecule has 0 spiro atoms. The first-order valence-corrected chi connectivity index (χ1v) is 11.7. The fraction of sp³-hybridized carbons (Fsp3) is 0.333. The number of non-ortho nitro benzene ring substituents is 1. The van der Waals surface area contributed by atoms with Crippen LogP contribution in [0.4, 0.5) is 5.69 Å². The maximum atomic E-state index is 13.5. The van der Waals surface area contributed by atoms with Gasteiger partial charge < -0.3 is 9.40 Å². The zero-order valence-corrected chi connectivity index (χ0v) is 19.4. The molecule has 3 aromatic rings. The maximum absolute atomic E-state index is 13.5. The SMILES string of the molecule is CO/N=C/c1cc(C(=O)CCc2cccc([N+](=O)[O-])c2)c(C2CCCC2)n1Cc1ccccc1. The largest absolute Gasteiger partial charge is 0.399 e. The molecule has 1 heterocycles. The van der Waals surface area contributed by atoms with Crippen molar-refractivity contribution >= 4 is 17.7 Å². The molecule has 0 N–H and O–H groups in total. The minimum absolute atomic E-state index is 0.0451. The van der Waals surface area contributed by atoms with Gasteiger partial charge >= 0.3 is 0 Å². The molecule has 0 amide bonds. The third-order valence-electron chi connectivity index (χ3n) is 6.45. The number of benzene rings is 2. The van der Waals surface area contributed by atoms with Crippen LogP contribution in [0.2, 0.25) is 0 Å². The molecule has 7 heteroatoms. The quantitative estimate of drug-likeness (QED) is 0.163. The summed E-state index contributed by atoms with van der Waals surface area (Å²) in [6.45, 7) is 0.649. The first kappa shape index (κ1) is 23.4. The highest BCUT2D eigenvalue weighted by Crippen LogP contribution is 2.38. The van der Waals surface area contributed by atoms with E-state index in [0.29, 0.717) is 18.9 Å². The van der Waals surface area contributed by atoms with E-state index in [1.165, 1.54) is 13.2 Å². The molecular formula is C27H29N3O4. The van der Waals surface area contributed by atoms with Gasteiger partial charge in [-0.2, -0.15) is 0 Å².